The maximum absolute atomic E-state index is 13.9. The van der Waals surface area contributed by atoms with Crippen molar-refractivity contribution in [2.45, 2.75) is 32.2 Å². The number of piperidine rings is 1. The van der Waals surface area contributed by atoms with Gasteiger partial charge in [0.05, 0.1) is 17.6 Å². The fourth-order valence-corrected chi connectivity index (χ4v) is 3.42. The molecule has 0 saturated carbocycles. The quantitative estimate of drug-likeness (QED) is 0.844. The molecule has 0 bridgehead atoms. The number of urea groups is 1. The van der Waals surface area contributed by atoms with Gasteiger partial charge in [0.15, 0.2) is 0 Å². The van der Waals surface area contributed by atoms with E-state index in [1.165, 1.54) is 12.3 Å². The number of pyridine rings is 1. The van der Waals surface area contributed by atoms with Gasteiger partial charge in [0.1, 0.15) is 11.6 Å². The smallest absolute Gasteiger partial charge is 0.321 e. The van der Waals surface area contributed by atoms with Gasteiger partial charge < -0.3 is 15.1 Å². The minimum Gasteiger partial charge on any atom is -0.343 e. The molecule has 2 heterocycles. The van der Waals surface area contributed by atoms with Gasteiger partial charge in [-0.05, 0) is 43.2 Å². The molecule has 0 radical (unpaired) electrons. The van der Waals surface area contributed by atoms with Gasteiger partial charge in [-0.2, -0.15) is 0 Å². The van der Waals surface area contributed by atoms with Crippen LogP contribution in [0.3, 0.4) is 0 Å². The predicted octanol–water partition coefficient (Wildman–Crippen LogP) is 3.89. The van der Waals surface area contributed by atoms with Gasteiger partial charge in [0.25, 0.3) is 0 Å². The van der Waals surface area contributed by atoms with E-state index in [9.17, 15) is 18.4 Å². The van der Waals surface area contributed by atoms with Crippen molar-refractivity contribution in [1.29, 1.82) is 0 Å². The van der Waals surface area contributed by atoms with Crippen LogP contribution < -0.4 is 5.32 Å². The third-order valence-corrected chi connectivity index (χ3v) is 5.21. The van der Waals surface area contributed by atoms with E-state index < -0.39 is 11.6 Å². The third-order valence-electron chi connectivity index (χ3n) is 5.21. The van der Waals surface area contributed by atoms with Crippen molar-refractivity contribution in [3.05, 3.63) is 48.2 Å². The summed E-state index contributed by atoms with van der Waals surface area (Å²) in [4.78, 5) is 31.9. The van der Waals surface area contributed by atoms with Gasteiger partial charge in [-0.15, -0.1) is 0 Å². The lowest BCUT2D eigenvalue weighted by Crippen LogP contribution is -2.48. The number of nitrogens with zero attached hydrogens (tertiary/aromatic N) is 3. The van der Waals surface area contributed by atoms with Crippen LogP contribution in [-0.2, 0) is 4.79 Å². The van der Waals surface area contributed by atoms with Crippen molar-refractivity contribution >= 4 is 17.6 Å². The molecule has 1 fully saturated rings. The van der Waals surface area contributed by atoms with Gasteiger partial charge in [0, 0.05) is 38.2 Å². The molecule has 3 amide bonds. The Hall–Kier alpha value is -3.03. The fourth-order valence-electron chi connectivity index (χ4n) is 3.42. The van der Waals surface area contributed by atoms with Crippen LogP contribution in [0.1, 0.15) is 26.2 Å². The highest BCUT2D eigenvalue weighted by Gasteiger charge is 2.27. The molecule has 1 aliphatic rings. The zero-order valence-corrected chi connectivity index (χ0v) is 16.5. The Labute approximate surface area is 168 Å². The van der Waals surface area contributed by atoms with Gasteiger partial charge in [-0.25, -0.2) is 13.6 Å². The highest BCUT2D eigenvalue weighted by molar-refractivity contribution is 5.89. The van der Waals surface area contributed by atoms with Crippen molar-refractivity contribution in [3.8, 4) is 11.3 Å². The number of hydrogen-bond acceptors (Lipinski definition) is 3. The maximum Gasteiger partial charge on any atom is 0.321 e. The summed E-state index contributed by atoms with van der Waals surface area (Å²) in [5.41, 5.74) is 0.802. The van der Waals surface area contributed by atoms with E-state index in [2.05, 4.69) is 10.3 Å². The molecule has 154 valence electrons. The summed E-state index contributed by atoms with van der Waals surface area (Å²) >= 11 is 0. The van der Waals surface area contributed by atoms with Crippen molar-refractivity contribution in [1.82, 2.24) is 14.8 Å². The summed E-state index contributed by atoms with van der Waals surface area (Å²) in [5.74, 6) is -0.978. The first-order valence-corrected chi connectivity index (χ1v) is 9.62. The zero-order chi connectivity index (χ0) is 21.0. The number of benzene rings is 1. The van der Waals surface area contributed by atoms with Crippen LogP contribution in [0.4, 0.5) is 19.3 Å². The Morgan fingerprint density at radius 1 is 1.21 bits per heavy atom. The van der Waals surface area contributed by atoms with E-state index in [4.69, 9.17) is 0 Å². The SMILES string of the molecule is CCC(=O)N1CCC(N(C)C(=O)Nc2ccc(-c3cc(F)ccc3F)nc2)CC1. The molecular weight excluding hydrogens is 378 g/mol. The summed E-state index contributed by atoms with van der Waals surface area (Å²) in [7, 11) is 1.72. The summed E-state index contributed by atoms with van der Waals surface area (Å²) < 4.78 is 27.2. The van der Waals surface area contributed by atoms with Crippen LogP contribution in [0.25, 0.3) is 11.3 Å². The second-order valence-electron chi connectivity index (χ2n) is 7.06. The molecular formula is C21H24F2N4O2. The fraction of sp³-hybridized carbons (Fsp3) is 0.381. The van der Waals surface area contributed by atoms with E-state index >= 15 is 0 Å². The molecule has 1 aromatic heterocycles. The lowest BCUT2D eigenvalue weighted by Gasteiger charge is -2.36. The number of aromatic nitrogens is 1. The second-order valence-corrected chi connectivity index (χ2v) is 7.06. The van der Waals surface area contributed by atoms with E-state index in [1.54, 1.807) is 18.0 Å². The number of nitrogens with one attached hydrogen (secondary N) is 1. The molecule has 29 heavy (non-hydrogen) atoms. The molecule has 0 spiro atoms. The van der Waals surface area contributed by atoms with Crippen molar-refractivity contribution in [2.24, 2.45) is 0 Å². The second kappa shape index (κ2) is 8.98. The van der Waals surface area contributed by atoms with E-state index in [1.807, 2.05) is 11.8 Å². The number of likely N-dealkylation sites (tertiary alicyclic amines) is 1. The molecule has 1 aliphatic heterocycles. The first kappa shape index (κ1) is 20.7. The largest absolute Gasteiger partial charge is 0.343 e. The molecule has 1 aromatic carbocycles. The lowest BCUT2D eigenvalue weighted by molar-refractivity contribution is -0.132. The summed E-state index contributed by atoms with van der Waals surface area (Å²) in [6.45, 7) is 3.13. The molecule has 2 aromatic rings. The minimum absolute atomic E-state index is 0.0459. The molecule has 6 nitrogen and oxygen atoms in total. The molecule has 3 rings (SSSR count). The average Bonchev–Trinajstić information content (AvgIpc) is 2.75. The van der Waals surface area contributed by atoms with E-state index in [0.29, 0.717) is 25.2 Å². The highest BCUT2D eigenvalue weighted by Crippen LogP contribution is 2.23. The normalized spacial score (nSPS) is 14.6. The van der Waals surface area contributed by atoms with Crippen molar-refractivity contribution in [2.75, 3.05) is 25.5 Å². The van der Waals surface area contributed by atoms with Gasteiger partial charge in [0.2, 0.25) is 5.91 Å². The lowest BCUT2D eigenvalue weighted by atomic mass is 10.0. The van der Waals surface area contributed by atoms with E-state index in [0.717, 1.165) is 31.0 Å². The van der Waals surface area contributed by atoms with Crippen LogP contribution in [0.2, 0.25) is 0 Å². The number of amides is 3. The molecule has 1 saturated heterocycles. The monoisotopic (exact) mass is 402 g/mol. The van der Waals surface area contributed by atoms with Crippen molar-refractivity contribution < 1.29 is 18.4 Å². The van der Waals surface area contributed by atoms with Crippen LogP contribution in [0.5, 0.6) is 0 Å². The van der Waals surface area contributed by atoms with Crippen molar-refractivity contribution in [3.63, 3.8) is 0 Å². The number of anilines is 1. The zero-order valence-electron chi connectivity index (χ0n) is 16.5. The Balaban J connectivity index is 1.59. The number of hydrogen-bond donors (Lipinski definition) is 1. The summed E-state index contributed by atoms with van der Waals surface area (Å²) in [5, 5.41) is 2.76. The molecule has 8 heteroatoms. The molecule has 0 unspecified atom stereocenters. The first-order valence-electron chi connectivity index (χ1n) is 9.62. The molecule has 1 N–H and O–H groups in total. The maximum atomic E-state index is 13.9. The first-order chi connectivity index (χ1) is 13.9. The number of rotatable bonds is 4. The number of carbonyl (C=O) groups excluding carboxylic acids is 2. The average molecular weight is 402 g/mol. The predicted molar refractivity (Wildman–Crippen MR) is 106 cm³/mol. The molecule has 0 atom stereocenters. The third kappa shape index (κ3) is 4.88. The minimum atomic E-state index is -0.566. The Kier molecular flexibility index (Phi) is 6.41. The topological polar surface area (TPSA) is 65.5 Å². The van der Waals surface area contributed by atoms with Gasteiger partial charge >= 0.3 is 6.03 Å². The van der Waals surface area contributed by atoms with Crippen LogP contribution in [0.15, 0.2) is 36.5 Å². The summed E-state index contributed by atoms with van der Waals surface area (Å²) in [6.07, 6.45) is 3.36. The van der Waals surface area contributed by atoms with Crippen LogP contribution in [-0.4, -0.2) is 52.9 Å². The van der Waals surface area contributed by atoms with Gasteiger partial charge in [-0.3, -0.25) is 9.78 Å². The summed E-state index contributed by atoms with van der Waals surface area (Å²) in [6, 6.07) is 6.08. The Morgan fingerprint density at radius 2 is 1.93 bits per heavy atom. The number of carbonyl (C=O) groups is 2. The Morgan fingerprint density at radius 3 is 2.55 bits per heavy atom. The molecule has 0 aliphatic carbocycles. The Bertz CT molecular complexity index is 881. The number of halogens is 2. The highest BCUT2D eigenvalue weighted by atomic mass is 19.1. The standard InChI is InChI=1S/C21H24F2N4O2/c1-3-20(28)27-10-8-16(9-11-27)26(2)21(29)25-15-5-7-19(24-13-15)17-12-14(22)4-6-18(17)23/h4-7,12-13,16H,3,8-11H2,1-2H3,(H,25,29). The van der Waals surface area contributed by atoms with Crippen LogP contribution in [0, 0.1) is 11.6 Å². The van der Waals surface area contributed by atoms with E-state index in [-0.39, 0.29) is 29.2 Å². The van der Waals surface area contributed by atoms with Crippen LogP contribution >= 0.6 is 0 Å². The van der Waals surface area contributed by atoms with Gasteiger partial charge in [-0.1, -0.05) is 6.92 Å².